The number of halogens is 1. The van der Waals surface area contributed by atoms with Crippen molar-refractivity contribution in [2.24, 2.45) is 0 Å². The van der Waals surface area contributed by atoms with Gasteiger partial charge >= 0.3 is 0 Å². The van der Waals surface area contributed by atoms with Gasteiger partial charge in [0.1, 0.15) is 0 Å². The van der Waals surface area contributed by atoms with Crippen LogP contribution in [0.4, 0.5) is 5.69 Å². The third-order valence-electron chi connectivity index (χ3n) is 4.09. The van der Waals surface area contributed by atoms with Crippen molar-refractivity contribution >= 4 is 17.3 Å². The SMILES string of the molecule is Oc1c2c(c(O)n1Nc1cccc(Cl)c1)C1C=CC2C1. The van der Waals surface area contributed by atoms with Crippen molar-refractivity contribution in [1.82, 2.24) is 4.68 Å². The molecule has 20 heavy (non-hydrogen) atoms. The summed E-state index contributed by atoms with van der Waals surface area (Å²) in [7, 11) is 0. The van der Waals surface area contributed by atoms with Gasteiger partial charge in [0, 0.05) is 28.0 Å². The molecular formula is C15H13ClN2O2. The second-order valence-electron chi connectivity index (χ2n) is 5.27. The molecule has 102 valence electrons. The van der Waals surface area contributed by atoms with Crippen LogP contribution < -0.4 is 5.43 Å². The Bertz CT molecular complexity index is 700. The van der Waals surface area contributed by atoms with Crippen LogP contribution in [0.15, 0.2) is 36.4 Å². The Morgan fingerprint density at radius 3 is 2.35 bits per heavy atom. The van der Waals surface area contributed by atoms with Crippen LogP contribution in [0.25, 0.3) is 0 Å². The molecule has 5 heteroatoms. The van der Waals surface area contributed by atoms with Crippen LogP contribution >= 0.6 is 11.6 Å². The van der Waals surface area contributed by atoms with Gasteiger partial charge in [-0.25, -0.2) is 0 Å². The van der Waals surface area contributed by atoms with Crippen molar-refractivity contribution in [3.05, 3.63) is 52.6 Å². The third-order valence-corrected chi connectivity index (χ3v) is 4.32. The Kier molecular flexibility index (Phi) is 2.32. The van der Waals surface area contributed by atoms with E-state index < -0.39 is 0 Å². The van der Waals surface area contributed by atoms with E-state index in [0.717, 1.165) is 17.5 Å². The van der Waals surface area contributed by atoms with Crippen LogP contribution in [-0.2, 0) is 0 Å². The van der Waals surface area contributed by atoms with Crippen LogP contribution in [0.3, 0.4) is 0 Å². The molecule has 4 nitrogen and oxygen atoms in total. The average molecular weight is 289 g/mol. The number of anilines is 1. The lowest BCUT2D eigenvalue weighted by Gasteiger charge is -2.12. The summed E-state index contributed by atoms with van der Waals surface area (Å²) in [6.45, 7) is 0. The van der Waals surface area contributed by atoms with Crippen molar-refractivity contribution in [3.63, 3.8) is 0 Å². The number of nitrogens with one attached hydrogen (secondary N) is 1. The minimum absolute atomic E-state index is 0.0781. The molecule has 2 aromatic rings. The van der Waals surface area contributed by atoms with Crippen molar-refractivity contribution in [2.45, 2.75) is 18.3 Å². The first-order valence-electron chi connectivity index (χ1n) is 6.52. The molecule has 1 heterocycles. The summed E-state index contributed by atoms with van der Waals surface area (Å²) >= 11 is 5.94. The number of aromatic nitrogens is 1. The molecule has 2 atom stereocenters. The number of rotatable bonds is 2. The fraction of sp³-hybridized carbons (Fsp3) is 0.200. The van der Waals surface area contributed by atoms with Crippen LogP contribution in [0.1, 0.15) is 29.4 Å². The van der Waals surface area contributed by atoms with Gasteiger partial charge in [-0.3, -0.25) is 5.43 Å². The molecule has 0 radical (unpaired) electrons. The van der Waals surface area contributed by atoms with Crippen molar-refractivity contribution in [1.29, 1.82) is 0 Å². The zero-order valence-corrected chi connectivity index (χ0v) is 11.3. The molecule has 0 saturated carbocycles. The zero-order valence-electron chi connectivity index (χ0n) is 10.5. The Morgan fingerprint density at radius 1 is 1.10 bits per heavy atom. The lowest BCUT2D eigenvalue weighted by Crippen LogP contribution is -2.08. The lowest BCUT2D eigenvalue weighted by atomic mass is 10.0. The van der Waals surface area contributed by atoms with E-state index in [1.807, 2.05) is 6.07 Å². The van der Waals surface area contributed by atoms with E-state index in [2.05, 4.69) is 17.6 Å². The summed E-state index contributed by atoms with van der Waals surface area (Å²) < 4.78 is 1.32. The molecule has 0 fully saturated rings. The van der Waals surface area contributed by atoms with Gasteiger partial charge in [-0.05, 0) is 24.6 Å². The number of fused-ring (bicyclic) bond motifs is 5. The number of hydrogen-bond acceptors (Lipinski definition) is 3. The first kappa shape index (κ1) is 11.7. The maximum atomic E-state index is 10.4. The first-order valence-corrected chi connectivity index (χ1v) is 6.90. The Balaban J connectivity index is 1.78. The van der Waals surface area contributed by atoms with Crippen LogP contribution in [-0.4, -0.2) is 14.9 Å². The summed E-state index contributed by atoms with van der Waals surface area (Å²) in [5, 5.41) is 21.3. The molecule has 0 spiro atoms. The van der Waals surface area contributed by atoms with E-state index in [4.69, 9.17) is 11.6 Å². The van der Waals surface area contributed by atoms with Crippen LogP contribution in [0, 0.1) is 0 Å². The molecule has 2 aliphatic rings. The molecule has 2 bridgehead atoms. The molecule has 2 unspecified atom stereocenters. The van der Waals surface area contributed by atoms with E-state index in [1.165, 1.54) is 4.68 Å². The summed E-state index contributed by atoms with van der Waals surface area (Å²) in [6, 6.07) is 7.13. The minimum atomic E-state index is 0.0781. The zero-order chi connectivity index (χ0) is 13.9. The normalized spacial score (nSPS) is 22.2. The highest BCUT2D eigenvalue weighted by molar-refractivity contribution is 6.30. The second kappa shape index (κ2) is 3.96. The summed E-state index contributed by atoms with van der Waals surface area (Å²) in [5.41, 5.74) is 5.36. The highest BCUT2D eigenvalue weighted by Gasteiger charge is 2.41. The second-order valence-corrected chi connectivity index (χ2v) is 5.70. The van der Waals surface area contributed by atoms with E-state index in [1.54, 1.807) is 18.2 Å². The van der Waals surface area contributed by atoms with E-state index >= 15 is 0 Å². The molecule has 0 aliphatic heterocycles. The third kappa shape index (κ3) is 1.48. The van der Waals surface area contributed by atoms with E-state index in [9.17, 15) is 10.2 Å². The molecule has 3 N–H and O–H groups in total. The molecular weight excluding hydrogens is 276 g/mol. The highest BCUT2D eigenvalue weighted by atomic mass is 35.5. The van der Waals surface area contributed by atoms with Crippen molar-refractivity contribution < 1.29 is 10.2 Å². The first-order chi connectivity index (χ1) is 9.65. The van der Waals surface area contributed by atoms with Crippen LogP contribution in [0.2, 0.25) is 5.02 Å². The summed E-state index contributed by atoms with van der Waals surface area (Å²) in [6.07, 6.45) is 5.13. The minimum Gasteiger partial charge on any atom is -0.493 e. The summed E-state index contributed by atoms with van der Waals surface area (Å²) in [5.74, 6) is 0.579. The van der Waals surface area contributed by atoms with Crippen molar-refractivity contribution in [3.8, 4) is 11.8 Å². The van der Waals surface area contributed by atoms with Gasteiger partial charge < -0.3 is 10.2 Å². The largest absolute Gasteiger partial charge is 0.493 e. The summed E-state index contributed by atoms with van der Waals surface area (Å²) in [4.78, 5) is 0. The van der Waals surface area contributed by atoms with Gasteiger partial charge in [0.15, 0.2) is 0 Å². The van der Waals surface area contributed by atoms with Gasteiger partial charge in [0.05, 0.1) is 5.69 Å². The number of aromatic hydroxyl groups is 2. The van der Waals surface area contributed by atoms with Crippen LogP contribution in [0.5, 0.6) is 11.8 Å². The predicted octanol–water partition coefficient (Wildman–Crippen LogP) is 3.57. The average Bonchev–Trinajstić information content (AvgIpc) is 3.09. The highest BCUT2D eigenvalue weighted by Crippen LogP contribution is 2.56. The number of nitrogens with zero attached hydrogens (tertiary/aromatic N) is 1. The molecule has 1 aromatic heterocycles. The Labute approximate surface area is 120 Å². The van der Waals surface area contributed by atoms with E-state index in [0.29, 0.717) is 10.7 Å². The van der Waals surface area contributed by atoms with Gasteiger partial charge in [0.25, 0.3) is 0 Å². The maximum absolute atomic E-state index is 10.4. The molecule has 0 saturated heterocycles. The quantitative estimate of drug-likeness (QED) is 0.741. The topological polar surface area (TPSA) is 57.4 Å². The molecule has 1 aromatic carbocycles. The standard InChI is InChI=1S/C15H13ClN2O2/c16-10-2-1-3-11(7-10)17-18-14(19)12-8-4-5-9(6-8)13(12)15(18)20/h1-5,7-9,17,19-20H,6H2. The number of hydrogen-bond donors (Lipinski definition) is 3. The fourth-order valence-corrected chi connectivity index (χ4v) is 3.42. The van der Waals surface area contributed by atoms with Gasteiger partial charge in [-0.1, -0.05) is 29.8 Å². The molecule has 0 amide bonds. The van der Waals surface area contributed by atoms with E-state index in [-0.39, 0.29) is 23.6 Å². The number of allylic oxidation sites excluding steroid dienone is 2. The Morgan fingerprint density at radius 2 is 1.75 bits per heavy atom. The molecule has 4 rings (SSSR count). The van der Waals surface area contributed by atoms with Gasteiger partial charge in [-0.15, -0.1) is 0 Å². The van der Waals surface area contributed by atoms with Crippen molar-refractivity contribution in [2.75, 3.05) is 5.43 Å². The molecule has 2 aliphatic carbocycles. The fourth-order valence-electron chi connectivity index (χ4n) is 3.23. The monoisotopic (exact) mass is 288 g/mol. The maximum Gasteiger partial charge on any atom is 0.217 e. The smallest absolute Gasteiger partial charge is 0.217 e. The Hall–Kier alpha value is -2.07. The number of benzene rings is 1. The van der Waals surface area contributed by atoms with Gasteiger partial charge in [0.2, 0.25) is 11.8 Å². The predicted molar refractivity (Wildman–Crippen MR) is 77.5 cm³/mol. The van der Waals surface area contributed by atoms with Gasteiger partial charge in [-0.2, -0.15) is 4.68 Å². The lowest BCUT2D eigenvalue weighted by molar-refractivity contribution is 0.386.